The highest BCUT2D eigenvalue weighted by Gasteiger charge is 2.44. The smallest absolute Gasteiger partial charge is 0.311 e. The minimum atomic E-state index is -1.42. The van der Waals surface area contributed by atoms with E-state index in [1.165, 1.54) is 16.7 Å². The maximum absolute atomic E-state index is 6.11. The predicted molar refractivity (Wildman–Crippen MR) is 145 cm³/mol. The Morgan fingerprint density at radius 1 is 0.806 bits per heavy atom. The number of hydrogen-bond acceptors (Lipinski definition) is 6. The Morgan fingerprint density at radius 3 is 1.94 bits per heavy atom. The fraction of sp³-hybridized carbons (Fsp3) is 0.571. The quantitative estimate of drug-likeness (QED) is 0.349. The summed E-state index contributed by atoms with van der Waals surface area (Å²) in [5.74, 6) is 0. The molecule has 0 aromatic heterocycles. The molecule has 1 unspecified atom stereocenters. The maximum Gasteiger partial charge on any atom is 0.333 e. The summed E-state index contributed by atoms with van der Waals surface area (Å²) in [5.41, 5.74) is 4.68. The molecule has 0 bridgehead atoms. The zero-order valence-electron chi connectivity index (χ0n) is 22.6. The van der Waals surface area contributed by atoms with Gasteiger partial charge in [-0.25, -0.2) is 0 Å². The number of benzene rings is 2. The fourth-order valence-electron chi connectivity index (χ4n) is 4.12. The SMILES string of the molecule is CC(OP1OCC2(COP(OCc3ccc(C(C)(C)C)cc3C(C)(C)C)OC2)CO1)c1ccccc1. The van der Waals surface area contributed by atoms with E-state index in [0.717, 1.165) is 5.56 Å². The van der Waals surface area contributed by atoms with Crippen molar-refractivity contribution in [1.82, 2.24) is 0 Å². The summed E-state index contributed by atoms with van der Waals surface area (Å²) >= 11 is 0. The van der Waals surface area contributed by atoms with Crippen LogP contribution < -0.4 is 0 Å². The highest BCUT2D eigenvalue weighted by Crippen LogP contribution is 2.54. The van der Waals surface area contributed by atoms with Crippen molar-refractivity contribution >= 4 is 17.2 Å². The van der Waals surface area contributed by atoms with Crippen molar-refractivity contribution in [3.05, 3.63) is 70.8 Å². The van der Waals surface area contributed by atoms with Crippen molar-refractivity contribution in [3.8, 4) is 0 Å². The van der Waals surface area contributed by atoms with Gasteiger partial charge in [0.15, 0.2) is 0 Å². The molecule has 2 saturated heterocycles. The molecule has 0 aliphatic carbocycles. The standard InChI is InChI=1S/C28H40O6P2/c1-21(22-11-9-8-10-12-22)34-36-32-19-28(20-33-36)17-30-35(31-18-28)29-16-23-13-14-24(26(2,3)4)15-25(23)27(5,6)7/h8-15,21H,16-20H2,1-7H3. The van der Waals surface area contributed by atoms with Gasteiger partial charge in [-0.2, -0.15) is 0 Å². The third-order valence-electron chi connectivity index (χ3n) is 6.53. The van der Waals surface area contributed by atoms with Crippen LogP contribution in [-0.4, -0.2) is 26.4 Å². The minimum absolute atomic E-state index is 0.0146. The molecular weight excluding hydrogens is 494 g/mol. The van der Waals surface area contributed by atoms with Crippen molar-refractivity contribution < 1.29 is 27.1 Å². The van der Waals surface area contributed by atoms with Crippen LogP contribution >= 0.6 is 17.2 Å². The molecule has 36 heavy (non-hydrogen) atoms. The van der Waals surface area contributed by atoms with Crippen LogP contribution in [0.25, 0.3) is 0 Å². The van der Waals surface area contributed by atoms with E-state index < -0.39 is 17.2 Å². The molecule has 198 valence electrons. The summed E-state index contributed by atoms with van der Waals surface area (Å²) in [6, 6.07) is 16.8. The van der Waals surface area contributed by atoms with Gasteiger partial charge in [-0.15, -0.1) is 0 Å². The average Bonchev–Trinajstić information content (AvgIpc) is 2.84. The monoisotopic (exact) mass is 534 g/mol. The van der Waals surface area contributed by atoms with Crippen molar-refractivity contribution in [3.63, 3.8) is 0 Å². The molecule has 2 fully saturated rings. The first-order chi connectivity index (χ1) is 17.0. The molecule has 1 atom stereocenters. The number of rotatable bonds is 6. The lowest BCUT2D eigenvalue weighted by molar-refractivity contribution is -0.0792. The van der Waals surface area contributed by atoms with Crippen molar-refractivity contribution in [1.29, 1.82) is 0 Å². The molecule has 1 spiro atoms. The van der Waals surface area contributed by atoms with Gasteiger partial charge in [0.1, 0.15) is 0 Å². The van der Waals surface area contributed by atoms with Crippen LogP contribution in [0.5, 0.6) is 0 Å². The Kier molecular flexibility index (Phi) is 8.92. The van der Waals surface area contributed by atoms with E-state index >= 15 is 0 Å². The summed E-state index contributed by atoms with van der Waals surface area (Å²) < 4.78 is 36.0. The van der Waals surface area contributed by atoms with Crippen LogP contribution in [0, 0.1) is 5.41 Å². The molecule has 2 aromatic carbocycles. The van der Waals surface area contributed by atoms with Gasteiger partial charge in [-0.1, -0.05) is 90.1 Å². The van der Waals surface area contributed by atoms with E-state index in [4.69, 9.17) is 27.1 Å². The third-order valence-corrected chi connectivity index (χ3v) is 8.72. The van der Waals surface area contributed by atoms with Gasteiger partial charge in [0.2, 0.25) is 0 Å². The van der Waals surface area contributed by atoms with Gasteiger partial charge in [0.25, 0.3) is 0 Å². The number of hydrogen-bond donors (Lipinski definition) is 0. The van der Waals surface area contributed by atoms with E-state index in [9.17, 15) is 0 Å². The van der Waals surface area contributed by atoms with E-state index in [-0.39, 0.29) is 22.3 Å². The van der Waals surface area contributed by atoms with Crippen LogP contribution in [0.1, 0.15) is 76.8 Å². The zero-order chi connectivity index (χ0) is 26.0. The summed E-state index contributed by atoms with van der Waals surface area (Å²) in [5, 5.41) is 0. The lowest BCUT2D eigenvalue weighted by Crippen LogP contribution is -2.44. The van der Waals surface area contributed by atoms with Gasteiger partial charge in [-0.05, 0) is 40.0 Å². The first-order valence-corrected chi connectivity index (χ1v) is 14.7. The molecular formula is C28H40O6P2. The van der Waals surface area contributed by atoms with Crippen molar-refractivity contribution in [2.45, 2.75) is 72.0 Å². The molecule has 2 aliphatic heterocycles. The Bertz CT molecular complexity index is 983. The Labute approximate surface area is 219 Å². The second kappa shape index (κ2) is 11.4. The molecule has 4 rings (SSSR count). The van der Waals surface area contributed by atoms with E-state index in [0.29, 0.717) is 33.0 Å². The molecule has 6 nitrogen and oxygen atoms in total. The van der Waals surface area contributed by atoms with E-state index in [2.05, 4.69) is 59.7 Å². The van der Waals surface area contributed by atoms with Crippen LogP contribution in [0.15, 0.2) is 48.5 Å². The minimum Gasteiger partial charge on any atom is -0.311 e. The largest absolute Gasteiger partial charge is 0.333 e. The lowest BCUT2D eigenvalue weighted by atomic mass is 9.78. The van der Waals surface area contributed by atoms with E-state index in [1.54, 1.807) is 0 Å². The summed E-state index contributed by atoms with van der Waals surface area (Å²) in [6.07, 6.45) is -0.0955. The molecule has 2 heterocycles. The van der Waals surface area contributed by atoms with Crippen molar-refractivity contribution in [2.75, 3.05) is 26.4 Å². The molecule has 0 radical (unpaired) electrons. The molecule has 8 heteroatoms. The Balaban J connectivity index is 1.27. The lowest BCUT2D eigenvalue weighted by Gasteiger charge is -2.42. The van der Waals surface area contributed by atoms with E-state index in [1.807, 2.05) is 37.3 Å². The highest BCUT2D eigenvalue weighted by molar-refractivity contribution is 7.42. The molecule has 2 aromatic rings. The van der Waals surface area contributed by atoms with Gasteiger partial charge < -0.3 is 27.1 Å². The molecule has 0 N–H and O–H groups in total. The maximum atomic E-state index is 6.11. The van der Waals surface area contributed by atoms with Crippen LogP contribution in [0.2, 0.25) is 0 Å². The average molecular weight is 535 g/mol. The van der Waals surface area contributed by atoms with Gasteiger partial charge >= 0.3 is 17.2 Å². The molecule has 0 saturated carbocycles. The Hall–Kier alpha value is -0.940. The summed E-state index contributed by atoms with van der Waals surface area (Å²) in [7, 11) is -2.81. The fourth-order valence-corrected chi connectivity index (χ4v) is 6.68. The third kappa shape index (κ3) is 7.12. The first kappa shape index (κ1) is 28.1. The predicted octanol–water partition coefficient (Wildman–Crippen LogP) is 8.11. The normalized spacial score (nSPS) is 26.2. The first-order valence-electron chi connectivity index (χ1n) is 12.6. The topological polar surface area (TPSA) is 55.4 Å². The molecule has 0 amide bonds. The van der Waals surface area contributed by atoms with Gasteiger partial charge in [0, 0.05) is 0 Å². The van der Waals surface area contributed by atoms with Crippen LogP contribution in [0.4, 0.5) is 0 Å². The van der Waals surface area contributed by atoms with Gasteiger partial charge in [-0.3, -0.25) is 0 Å². The Morgan fingerprint density at radius 2 is 1.39 bits per heavy atom. The zero-order valence-corrected chi connectivity index (χ0v) is 24.4. The molecule has 2 aliphatic rings. The summed E-state index contributed by atoms with van der Waals surface area (Å²) in [4.78, 5) is 0. The van der Waals surface area contributed by atoms with Crippen LogP contribution in [-0.2, 0) is 44.6 Å². The van der Waals surface area contributed by atoms with Crippen LogP contribution in [0.3, 0.4) is 0 Å². The van der Waals surface area contributed by atoms with Crippen molar-refractivity contribution in [2.24, 2.45) is 5.41 Å². The summed E-state index contributed by atoms with van der Waals surface area (Å²) in [6.45, 7) is 17.8. The highest BCUT2D eigenvalue weighted by atomic mass is 31.2. The van der Waals surface area contributed by atoms with Gasteiger partial charge in [0.05, 0.1) is 44.6 Å². The second-order valence-electron chi connectivity index (χ2n) is 11.8. The second-order valence-corrected chi connectivity index (χ2v) is 14.2.